The molecule has 0 bridgehead atoms. The van der Waals surface area contributed by atoms with Crippen molar-refractivity contribution in [1.82, 2.24) is 0 Å². The Kier molecular flexibility index (Phi) is 8.54. The number of aliphatic carboxylic acids is 1. The third kappa shape index (κ3) is 6.78. The molecular formula is C27H24N2O9. The molecule has 2 atom stereocenters. The van der Waals surface area contributed by atoms with E-state index >= 15 is 0 Å². The number of non-ortho nitro benzene ring substituents is 1. The van der Waals surface area contributed by atoms with Crippen molar-refractivity contribution < 1.29 is 38.7 Å². The van der Waals surface area contributed by atoms with Crippen molar-refractivity contribution in [2.75, 3.05) is 5.32 Å². The third-order valence-corrected chi connectivity index (χ3v) is 5.44. The van der Waals surface area contributed by atoms with Gasteiger partial charge in [0.1, 0.15) is 0 Å². The molecule has 0 saturated carbocycles. The fourth-order valence-corrected chi connectivity index (χ4v) is 3.47. The van der Waals surface area contributed by atoms with Gasteiger partial charge in [-0.1, -0.05) is 41.5 Å². The van der Waals surface area contributed by atoms with Crippen LogP contribution in [0.1, 0.15) is 37.4 Å². The molecule has 0 heterocycles. The average Bonchev–Trinajstić information content (AvgIpc) is 2.86. The second-order valence-electron chi connectivity index (χ2n) is 8.47. The summed E-state index contributed by atoms with van der Waals surface area (Å²) in [5.41, 5.74) is 1.52. The molecule has 0 aliphatic heterocycles. The zero-order valence-electron chi connectivity index (χ0n) is 20.7. The third-order valence-electron chi connectivity index (χ3n) is 5.44. The SMILES string of the molecule is Cc1cccc(C(=O)O[C@H](C(=O)Nc2cc([N+](=O)[O-])ccc2C)[C@@H](OC(=O)c2cccc(C)c2)C(=O)O)c1. The summed E-state index contributed by atoms with van der Waals surface area (Å²) in [5.74, 6) is -5.02. The molecule has 1 amide bonds. The average molecular weight is 520 g/mol. The fraction of sp³-hybridized carbons (Fsp3) is 0.185. The van der Waals surface area contributed by atoms with E-state index in [0.717, 1.165) is 6.07 Å². The minimum absolute atomic E-state index is 0.0186. The van der Waals surface area contributed by atoms with E-state index in [2.05, 4.69) is 5.32 Å². The smallest absolute Gasteiger partial charge is 0.349 e. The van der Waals surface area contributed by atoms with Gasteiger partial charge in [0.2, 0.25) is 12.2 Å². The van der Waals surface area contributed by atoms with Crippen LogP contribution in [0.3, 0.4) is 0 Å². The van der Waals surface area contributed by atoms with Gasteiger partial charge in [0, 0.05) is 12.1 Å². The van der Waals surface area contributed by atoms with Crippen LogP contribution in [0.5, 0.6) is 0 Å². The van der Waals surface area contributed by atoms with Crippen LogP contribution in [0.2, 0.25) is 0 Å². The molecule has 3 aromatic rings. The first-order valence-corrected chi connectivity index (χ1v) is 11.3. The van der Waals surface area contributed by atoms with Crippen molar-refractivity contribution in [2.45, 2.75) is 33.0 Å². The summed E-state index contributed by atoms with van der Waals surface area (Å²) in [4.78, 5) is 61.6. The lowest BCUT2D eigenvalue weighted by molar-refractivity contribution is -0.384. The number of benzene rings is 3. The Morgan fingerprint density at radius 1 is 0.816 bits per heavy atom. The molecule has 0 spiro atoms. The highest BCUT2D eigenvalue weighted by Crippen LogP contribution is 2.23. The maximum atomic E-state index is 13.3. The van der Waals surface area contributed by atoms with Crippen LogP contribution in [0.25, 0.3) is 0 Å². The van der Waals surface area contributed by atoms with Gasteiger partial charge in [-0.2, -0.15) is 0 Å². The monoisotopic (exact) mass is 520 g/mol. The van der Waals surface area contributed by atoms with E-state index < -0.39 is 40.9 Å². The van der Waals surface area contributed by atoms with Crippen molar-refractivity contribution in [3.8, 4) is 0 Å². The Balaban J connectivity index is 1.98. The molecule has 38 heavy (non-hydrogen) atoms. The molecule has 11 nitrogen and oxygen atoms in total. The van der Waals surface area contributed by atoms with Crippen LogP contribution < -0.4 is 5.32 Å². The van der Waals surface area contributed by atoms with Crippen LogP contribution >= 0.6 is 0 Å². The zero-order chi connectivity index (χ0) is 28.0. The van der Waals surface area contributed by atoms with Gasteiger partial charge in [0.25, 0.3) is 11.6 Å². The number of carbonyl (C=O) groups is 4. The molecule has 0 aliphatic carbocycles. The fourth-order valence-electron chi connectivity index (χ4n) is 3.47. The van der Waals surface area contributed by atoms with Crippen molar-refractivity contribution in [3.05, 3.63) is 105 Å². The number of carboxylic acid groups (broad SMARTS) is 1. The minimum atomic E-state index is -2.24. The largest absolute Gasteiger partial charge is 0.478 e. The summed E-state index contributed by atoms with van der Waals surface area (Å²) in [6.45, 7) is 4.99. The lowest BCUT2D eigenvalue weighted by Gasteiger charge is -2.24. The molecule has 2 N–H and O–H groups in total. The second-order valence-corrected chi connectivity index (χ2v) is 8.47. The summed E-state index contributed by atoms with van der Waals surface area (Å²) in [6.07, 6.45) is -4.39. The molecule has 3 rings (SSSR count). The van der Waals surface area contributed by atoms with Crippen molar-refractivity contribution in [1.29, 1.82) is 0 Å². The first kappa shape index (κ1) is 27.5. The second kappa shape index (κ2) is 11.8. The number of carboxylic acids is 1. The molecule has 0 unspecified atom stereocenters. The summed E-state index contributed by atoms with van der Waals surface area (Å²) >= 11 is 0. The number of aryl methyl sites for hydroxylation is 3. The van der Waals surface area contributed by atoms with Gasteiger partial charge in [-0.05, 0) is 50.6 Å². The number of ether oxygens (including phenoxy) is 2. The van der Waals surface area contributed by atoms with E-state index in [0.29, 0.717) is 16.7 Å². The quantitative estimate of drug-likeness (QED) is 0.241. The normalized spacial score (nSPS) is 12.1. The lowest BCUT2D eigenvalue weighted by Crippen LogP contribution is -2.48. The van der Waals surface area contributed by atoms with Gasteiger partial charge in [-0.15, -0.1) is 0 Å². The van der Waals surface area contributed by atoms with Crippen molar-refractivity contribution >= 4 is 35.2 Å². The summed E-state index contributed by atoms with van der Waals surface area (Å²) in [5, 5.41) is 23.4. The van der Waals surface area contributed by atoms with Crippen LogP contribution in [-0.4, -0.2) is 46.1 Å². The number of nitro groups is 1. The van der Waals surface area contributed by atoms with Gasteiger partial charge in [-0.3, -0.25) is 14.9 Å². The number of esters is 2. The molecule has 0 fully saturated rings. The van der Waals surface area contributed by atoms with Gasteiger partial charge in [-0.25, -0.2) is 14.4 Å². The number of carbonyl (C=O) groups excluding carboxylic acids is 3. The highest BCUT2D eigenvalue weighted by molar-refractivity contribution is 6.02. The summed E-state index contributed by atoms with van der Waals surface area (Å²) in [7, 11) is 0. The lowest BCUT2D eigenvalue weighted by atomic mass is 10.1. The highest BCUT2D eigenvalue weighted by atomic mass is 16.6. The van der Waals surface area contributed by atoms with Crippen LogP contribution in [0, 0.1) is 30.9 Å². The van der Waals surface area contributed by atoms with E-state index in [1.165, 1.54) is 36.4 Å². The first-order chi connectivity index (χ1) is 18.0. The maximum Gasteiger partial charge on any atom is 0.349 e. The predicted molar refractivity (Wildman–Crippen MR) is 135 cm³/mol. The Bertz CT molecular complexity index is 1420. The molecule has 0 saturated heterocycles. The number of rotatable bonds is 9. The number of hydrogen-bond donors (Lipinski definition) is 2. The number of anilines is 1. The topological polar surface area (TPSA) is 162 Å². The van der Waals surface area contributed by atoms with Crippen molar-refractivity contribution in [2.24, 2.45) is 0 Å². The van der Waals surface area contributed by atoms with E-state index in [9.17, 15) is 34.4 Å². The Morgan fingerprint density at radius 3 is 1.82 bits per heavy atom. The molecule has 0 aromatic heterocycles. The standard InChI is InChI=1S/C27H24N2O9/c1-15-6-4-8-18(12-15)26(33)37-22(24(30)28-21-14-20(29(35)36)11-10-17(21)3)23(25(31)32)38-27(34)19-9-5-7-16(2)13-19/h4-14,22-23H,1-3H3,(H,28,30)(H,31,32)/t22-,23+/m0/s1. The molecule has 3 aromatic carbocycles. The van der Waals surface area contributed by atoms with Gasteiger partial charge < -0.3 is 19.9 Å². The zero-order valence-corrected chi connectivity index (χ0v) is 20.7. The maximum absolute atomic E-state index is 13.3. The number of hydrogen-bond acceptors (Lipinski definition) is 8. The first-order valence-electron chi connectivity index (χ1n) is 11.3. The van der Waals surface area contributed by atoms with E-state index in [1.807, 2.05) is 0 Å². The predicted octanol–water partition coefficient (Wildman–Crippen LogP) is 3.99. The highest BCUT2D eigenvalue weighted by Gasteiger charge is 2.41. The Hall–Kier alpha value is -5.06. The van der Waals surface area contributed by atoms with Gasteiger partial charge in [0.15, 0.2) is 0 Å². The number of nitro benzene ring substituents is 1. The number of nitrogens with zero attached hydrogens (tertiary/aromatic N) is 1. The summed E-state index contributed by atoms with van der Waals surface area (Å²) in [6, 6.07) is 16.0. The Labute approximate surface area is 217 Å². The number of amides is 1. The summed E-state index contributed by atoms with van der Waals surface area (Å²) < 4.78 is 10.4. The van der Waals surface area contributed by atoms with Crippen LogP contribution in [-0.2, 0) is 19.1 Å². The Morgan fingerprint density at radius 2 is 1.34 bits per heavy atom. The molecule has 0 aliphatic rings. The number of nitrogens with one attached hydrogen (secondary N) is 1. The van der Waals surface area contributed by atoms with Gasteiger partial charge in [0.05, 0.1) is 21.7 Å². The molecule has 11 heteroatoms. The minimum Gasteiger partial charge on any atom is -0.478 e. The van der Waals surface area contributed by atoms with E-state index in [4.69, 9.17) is 9.47 Å². The van der Waals surface area contributed by atoms with Crippen LogP contribution in [0.4, 0.5) is 11.4 Å². The van der Waals surface area contributed by atoms with E-state index in [1.54, 1.807) is 45.0 Å². The molecule has 196 valence electrons. The van der Waals surface area contributed by atoms with Gasteiger partial charge >= 0.3 is 17.9 Å². The molecular weight excluding hydrogens is 496 g/mol. The molecule has 0 radical (unpaired) electrons. The van der Waals surface area contributed by atoms with E-state index in [-0.39, 0.29) is 22.5 Å². The van der Waals surface area contributed by atoms with Crippen molar-refractivity contribution in [3.63, 3.8) is 0 Å². The van der Waals surface area contributed by atoms with Crippen LogP contribution in [0.15, 0.2) is 66.7 Å².